The third-order valence-corrected chi connectivity index (χ3v) is 8.93. The number of carbonyl (C=O) groups is 5. The number of rotatable bonds is 6. The molecule has 12 heteroatoms. The zero-order chi connectivity index (χ0) is 32.5. The summed E-state index contributed by atoms with van der Waals surface area (Å²) in [5.41, 5.74) is 2.96. The molecule has 1 saturated carbocycles. The van der Waals surface area contributed by atoms with E-state index in [-0.39, 0.29) is 42.0 Å². The number of aromatic hydroxyl groups is 1. The van der Waals surface area contributed by atoms with Crippen LogP contribution in [0, 0.1) is 23.2 Å². The zero-order valence-corrected chi connectivity index (χ0v) is 26.0. The SMILES string of the molecule is CC(=O)N(Cc1cc(N(C)C)c2c(c1O)C(=O)C1C(=O)[C@]3(O)C(O)=C(C(N)=O)C(=O)[C@@H](N(C)C)C3CC1C2)CC(C)(C)C. The van der Waals surface area contributed by atoms with Crippen LogP contribution in [0.3, 0.4) is 0 Å². The Hall–Kier alpha value is -3.77. The molecule has 4 rings (SSSR count). The molecule has 0 heterocycles. The van der Waals surface area contributed by atoms with Crippen molar-refractivity contribution in [2.24, 2.45) is 28.9 Å². The molecule has 1 fully saturated rings. The molecule has 0 saturated heterocycles. The summed E-state index contributed by atoms with van der Waals surface area (Å²) in [4.78, 5) is 71.2. The molecule has 3 aliphatic rings. The van der Waals surface area contributed by atoms with Gasteiger partial charge in [0.05, 0.1) is 17.5 Å². The first-order valence-electron chi connectivity index (χ1n) is 14.3. The summed E-state index contributed by atoms with van der Waals surface area (Å²) in [7, 11) is 6.67. The largest absolute Gasteiger partial charge is 0.508 e. The van der Waals surface area contributed by atoms with E-state index in [1.54, 1.807) is 44.1 Å². The average molecular weight is 599 g/mol. The van der Waals surface area contributed by atoms with E-state index in [1.807, 2.05) is 20.8 Å². The minimum absolute atomic E-state index is 0.00184. The molecule has 234 valence electrons. The number of hydrogen-bond acceptors (Lipinski definition) is 10. The van der Waals surface area contributed by atoms with Crippen molar-refractivity contribution in [2.75, 3.05) is 39.6 Å². The minimum Gasteiger partial charge on any atom is -0.508 e. The highest BCUT2D eigenvalue weighted by molar-refractivity contribution is 6.25. The van der Waals surface area contributed by atoms with Crippen LogP contribution in [0.5, 0.6) is 5.75 Å². The van der Waals surface area contributed by atoms with Crippen molar-refractivity contribution in [1.82, 2.24) is 9.80 Å². The van der Waals surface area contributed by atoms with Crippen LogP contribution in [0.15, 0.2) is 17.4 Å². The maximum Gasteiger partial charge on any atom is 0.255 e. The standard InChI is InChI=1S/C31H42N4O8/c1-14(36)35(13-30(2,3)4)12-16-11-19(33(5)6)17-9-15-10-18-23(34(7)8)26(39)22(29(32)42)28(41)31(18,43)27(40)20(15)25(38)21(17)24(16)37/h11,15,18,20,23,37,41,43H,9-10,12-13H2,1-8H3,(H2,32,42)/t15?,18?,20?,23-,31-/m0/s1. The summed E-state index contributed by atoms with van der Waals surface area (Å²) in [5.74, 6) is -8.86. The Labute approximate surface area is 251 Å². The number of benzene rings is 1. The molecule has 12 nitrogen and oxygen atoms in total. The van der Waals surface area contributed by atoms with Crippen molar-refractivity contribution in [2.45, 2.75) is 58.7 Å². The normalized spacial score (nSPS) is 27.1. The lowest BCUT2D eigenvalue weighted by molar-refractivity contribution is -0.163. The Morgan fingerprint density at radius 3 is 2.16 bits per heavy atom. The van der Waals surface area contributed by atoms with Gasteiger partial charge in [-0.1, -0.05) is 20.8 Å². The number of amides is 2. The monoisotopic (exact) mass is 598 g/mol. The molecule has 2 amide bonds. The van der Waals surface area contributed by atoms with E-state index >= 15 is 0 Å². The van der Waals surface area contributed by atoms with E-state index in [2.05, 4.69) is 0 Å². The summed E-state index contributed by atoms with van der Waals surface area (Å²) in [6.45, 7) is 7.77. The number of aliphatic hydroxyl groups excluding tert-OH is 1. The zero-order valence-electron chi connectivity index (χ0n) is 26.0. The highest BCUT2D eigenvalue weighted by Gasteiger charge is 2.66. The Bertz CT molecular complexity index is 1460. The van der Waals surface area contributed by atoms with Crippen molar-refractivity contribution in [3.8, 4) is 5.75 Å². The second-order valence-electron chi connectivity index (χ2n) is 13.7. The number of ketones is 3. The van der Waals surface area contributed by atoms with Crippen LogP contribution in [0.2, 0.25) is 0 Å². The average Bonchev–Trinajstić information content (AvgIpc) is 2.85. The van der Waals surface area contributed by atoms with Crippen molar-refractivity contribution in [3.63, 3.8) is 0 Å². The number of hydrogen-bond donors (Lipinski definition) is 4. The van der Waals surface area contributed by atoms with Gasteiger partial charge in [-0.3, -0.25) is 28.9 Å². The number of nitrogens with two attached hydrogens (primary N) is 1. The van der Waals surface area contributed by atoms with E-state index in [0.717, 1.165) is 0 Å². The number of phenols is 1. The van der Waals surface area contributed by atoms with Crippen LogP contribution < -0.4 is 10.6 Å². The van der Waals surface area contributed by atoms with Gasteiger partial charge in [-0.2, -0.15) is 0 Å². The molecule has 3 unspecified atom stereocenters. The van der Waals surface area contributed by atoms with Crippen LogP contribution in [0.1, 0.15) is 55.6 Å². The summed E-state index contributed by atoms with van der Waals surface area (Å²) < 4.78 is 0. The first-order valence-corrected chi connectivity index (χ1v) is 14.3. The number of primary amides is 1. The lowest BCUT2D eigenvalue weighted by Gasteiger charge is -2.52. The first-order chi connectivity index (χ1) is 19.7. The predicted molar refractivity (Wildman–Crippen MR) is 157 cm³/mol. The molecule has 43 heavy (non-hydrogen) atoms. The van der Waals surface area contributed by atoms with Gasteiger partial charge in [0.15, 0.2) is 23.0 Å². The van der Waals surface area contributed by atoms with Crippen LogP contribution in [-0.4, -0.2) is 101 Å². The Balaban J connectivity index is 1.89. The van der Waals surface area contributed by atoms with Gasteiger partial charge in [0, 0.05) is 51.3 Å². The lowest BCUT2D eigenvalue weighted by Crippen LogP contribution is -2.68. The van der Waals surface area contributed by atoms with Crippen molar-refractivity contribution in [3.05, 3.63) is 34.1 Å². The fraction of sp³-hybridized carbons (Fsp3) is 0.581. The molecular weight excluding hydrogens is 556 g/mol. The molecule has 1 aromatic rings. The smallest absolute Gasteiger partial charge is 0.255 e. The lowest BCUT2D eigenvalue weighted by atomic mass is 9.54. The number of phenolic OH excluding ortho intramolecular Hbond substituents is 1. The predicted octanol–water partition coefficient (Wildman–Crippen LogP) is 0.954. The Morgan fingerprint density at radius 1 is 1.07 bits per heavy atom. The first kappa shape index (κ1) is 32.2. The van der Waals surface area contributed by atoms with E-state index in [0.29, 0.717) is 23.4 Å². The summed E-state index contributed by atoms with van der Waals surface area (Å²) >= 11 is 0. The maximum atomic E-state index is 14.2. The minimum atomic E-state index is -2.71. The van der Waals surface area contributed by atoms with Crippen molar-refractivity contribution < 1.29 is 39.3 Å². The summed E-state index contributed by atoms with van der Waals surface area (Å²) in [5, 5.41) is 34.4. The molecule has 0 spiro atoms. The fourth-order valence-electron chi connectivity index (χ4n) is 7.14. The number of anilines is 1. The van der Waals surface area contributed by atoms with E-state index < -0.39 is 64.0 Å². The molecule has 5 N–H and O–H groups in total. The Kier molecular flexibility index (Phi) is 8.03. The number of fused-ring (bicyclic) bond motifs is 3. The number of aliphatic hydroxyl groups is 2. The summed E-state index contributed by atoms with van der Waals surface area (Å²) in [6.07, 6.45) is 0.174. The van der Waals surface area contributed by atoms with Gasteiger partial charge >= 0.3 is 0 Å². The quantitative estimate of drug-likeness (QED) is 0.272. The van der Waals surface area contributed by atoms with Crippen LogP contribution >= 0.6 is 0 Å². The van der Waals surface area contributed by atoms with Gasteiger partial charge in [0.2, 0.25) is 5.91 Å². The number of carbonyl (C=O) groups excluding carboxylic acids is 5. The molecule has 3 aliphatic carbocycles. The second kappa shape index (κ2) is 10.7. The van der Waals surface area contributed by atoms with Crippen LogP contribution in [0.25, 0.3) is 0 Å². The van der Waals surface area contributed by atoms with Crippen molar-refractivity contribution >= 4 is 34.9 Å². The van der Waals surface area contributed by atoms with Crippen LogP contribution in [-0.2, 0) is 32.1 Å². The van der Waals surface area contributed by atoms with Gasteiger partial charge < -0.3 is 30.9 Å². The molecule has 1 aromatic carbocycles. The second-order valence-corrected chi connectivity index (χ2v) is 13.7. The van der Waals surface area contributed by atoms with Gasteiger partial charge in [0.25, 0.3) is 5.91 Å². The molecule has 0 radical (unpaired) electrons. The number of Topliss-reactive ketones (excluding diaryl/α,β-unsaturated/α-hetero) is 3. The molecule has 0 aromatic heterocycles. The topological polar surface area (TPSA) is 182 Å². The molecule has 0 bridgehead atoms. The van der Waals surface area contributed by atoms with Gasteiger partial charge in [-0.25, -0.2) is 0 Å². The number of likely N-dealkylation sites (N-methyl/N-ethyl adjacent to an activating group) is 1. The third kappa shape index (κ3) is 5.10. The summed E-state index contributed by atoms with van der Waals surface area (Å²) in [6, 6.07) is 0.580. The number of nitrogens with zero attached hydrogens (tertiary/aromatic N) is 3. The van der Waals surface area contributed by atoms with Gasteiger partial charge in [-0.15, -0.1) is 0 Å². The van der Waals surface area contributed by atoms with E-state index in [1.165, 1.54) is 11.8 Å². The van der Waals surface area contributed by atoms with E-state index in [9.17, 15) is 39.3 Å². The highest BCUT2D eigenvalue weighted by Crippen LogP contribution is 2.53. The van der Waals surface area contributed by atoms with Gasteiger partial charge in [0.1, 0.15) is 17.1 Å². The molecule has 5 atom stereocenters. The highest BCUT2D eigenvalue weighted by atomic mass is 16.3. The fourth-order valence-corrected chi connectivity index (χ4v) is 7.14. The van der Waals surface area contributed by atoms with Crippen molar-refractivity contribution in [1.29, 1.82) is 0 Å². The maximum absolute atomic E-state index is 14.2. The third-order valence-electron chi connectivity index (χ3n) is 8.93. The Morgan fingerprint density at radius 2 is 1.67 bits per heavy atom. The molecular formula is C31H42N4O8. The van der Waals surface area contributed by atoms with Crippen LogP contribution in [0.4, 0.5) is 5.69 Å². The van der Waals surface area contributed by atoms with Gasteiger partial charge in [-0.05, 0) is 49.9 Å². The molecule has 0 aliphatic heterocycles. The van der Waals surface area contributed by atoms with E-state index in [4.69, 9.17) is 5.73 Å².